The Kier molecular flexibility index (Phi) is 46.7. The quantitative estimate of drug-likeness (QED) is 0.156. The molecule has 12 rings (SSSR count). The monoisotopic (exact) mass is 1120 g/mol. The van der Waals surface area contributed by atoms with Crippen LogP contribution in [0.5, 0.6) is 0 Å². The maximum absolute atomic E-state index is 2.38. The molecular formula is C82H136. The van der Waals surface area contributed by atoms with E-state index in [9.17, 15) is 0 Å². The minimum Gasteiger partial charge on any atom is -0.0776 e. The highest BCUT2D eigenvalue weighted by molar-refractivity contribution is 5.30. The van der Waals surface area contributed by atoms with Crippen LogP contribution in [0.3, 0.4) is 0 Å². The molecule has 464 valence electrons. The van der Waals surface area contributed by atoms with Gasteiger partial charge in [0.25, 0.3) is 0 Å². The summed E-state index contributed by atoms with van der Waals surface area (Å²) in [5, 5.41) is 0. The molecule has 6 aliphatic rings. The van der Waals surface area contributed by atoms with E-state index in [1.54, 1.807) is 33.4 Å². The maximum atomic E-state index is 2.38. The molecule has 10 unspecified atom stereocenters. The molecule has 0 saturated heterocycles. The van der Waals surface area contributed by atoms with Crippen LogP contribution in [0.25, 0.3) is 0 Å². The summed E-state index contributed by atoms with van der Waals surface area (Å²) in [5.74, 6) is 9.54. The Morgan fingerprint density at radius 2 is 0.415 bits per heavy atom. The van der Waals surface area contributed by atoms with Gasteiger partial charge in [-0.2, -0.15) is 0 Å². The van der Waals surface area contributed by atoms with Gasteiger partial charge in [0.05, 0.1) is 0 Å². The predicted octanol–water partition coefficient (Wildman–Crippen LogP) is 28.0. The topological polar surface area (TPSA) is 0 Å². The van der Waals surface area contributed by atoms with Gasteiger partial charge in [0, 0.05) is 0 Å². The average Bonchev–Trinajstić information content (AvgIpc) is 4.33. The largest absolute Gasteiger partial charge is 0.0776 e. The average molecular weight is 1120 g/mol. The summed E-state index contributed by atoms with van der Waals surface area (Å²) in [4.78, 5) is 0. The van der Waals surface area contributed by atoms with E-state index in [-0.39, 0.29) is 74.3 Å². The standard InChI is InChI=1S/6C12H16.10CH4/c1-10-6-2-5-9-12(10)11-7-3-4-8-11;5*1-10-6-5-9-12(10)11-7-3-2-4-8-11;;;;;;;;;;/h2,5-6,9,11H,3-4,7-8H2,1H3;5*2-4,7-8,10,12H,5-6,9H2,1H3;10*1H4. The van der Waals surface area contributed by atoms with Crippen molar-refractivity contribution in [2.75, 3.05) is 0 Å². The molecule has 0 heteroatoms. The van der Waals surface area contributed by atoms with Crippen LogP contribution in [0.4, 0.5) is 0 Å². The lowest BCUT2D eigenvalue weighted by atomic mass is 9.90. The maximum Gasteiger partial charge on any atom is -0.0136 e. The zero-order chi connectivity index (χ0) is 50.3. The molecule has 0 spiro atoms. The molecule has 6 fully saturated rings. The first-order valence-corrected chi connectivity index (χ1v) is 29.6. The van der Waals surface area contributed by atoms with Crippen molar-refractivity contribution in [1.82, 2.24) is 0 Å². The Balaban J connectivity index is -0.000000435. The number of aryl methyl sites for hydroxylation is 1. The third-order valence-electron chi connectivity index (χ3n) is 18.4. The zero-order valence-corrected chi connectivity index (χ0v) is 46.0. The van der Waals surface area contributed by atoms with Crippen molar-refractivity contribution in [3.05, 3.63) is 215 Å². The van der Waals surface area contributed by atoms with Gasteiger partial charge in [-0.15, -0.1) is 0 Å². The lowest BCUT2D eigenvalue weighted by Gasteiger charge is -2.14. The van der Waals surface area contributed by atoms with Crippen LogP contribution in [-0.4, -0.2) is 0 Å². The van der Waals surface area contributed by atoms with E-state index in [0.717, 1.165) is 65.1 Å². The van der Waals surface area contributed by atoms with E-state index in [2.05, 4.69) is 217 Å². The number of benzene rings is 6. The fourth-order valence-corrected chi connectivity index (χ4v) is 14.0. The van der Waals surface area contributed by atoms with Gasteiger partial charge in [0.2, 0.25) is 0 Å². The summed E-state index contributed by atoms with van der Waals surface area (Å²) in [5.41, 5.74) is 10.8. The summed E-state index contributed by atoms with van der Waals surface area (Å²) in [6.45, 7) is 14.1. The molecule has 6 saturated carbocycles. The molecule has 0 radical (unpaired) electrons. The fraction of sp³-hybridized carbons (Fsp3) is 0.561. The molecule has 6 aliphatic carbocycles. The van der Waals surface area contributed by atoms with Crippen molar-refractivity contribution >= 4 is 0 Å². The molecule has 0 aliphatic heterocycles. The molecule has 0 nitrogen and oxygen atoms in total. The number of hydrogen-bond acceptors (Lipinski definition) is 0. The van der Waals surface area contributed by atoms with Crippen molar-refractivity contribution in [1.29, 1.82) is 0 Å². The van der Waals surface area contributed by atoms with Gasteiger partial charge in [-0.1, -0.05) is 362 Å². The lowest BCUT2D eigenvalue weighted by molar-refractivity contribution is 0.533. The molecule has 82 heavy (non-hydrogen) atoms. The van der Waals surface area contributed by atoms with E-state index < -0.39 is 0 Å². The summed E-state index contributed by atoms with van der Waals surface area (Å²) in [7, 11) is 0. The highest BCUT2D eigenvalue weighted by atomic mass is 14.3. The van der Waals surface area contributed by atoms with Gasteiger partial charge >= 0.3 is 0 Å². The zero-order valence-electron chi connectivity index (χ0n) is 46.0. The fourth-order valence-electron chi connectivity index (χ4n) is 14.0. The second kappa shape index (κ2) is 45.7. The predicted molar refractivity (Wildman–Crippen MR) is 381 cm³/mol. The first-order valence-electron chi connectivity index (χ1n) is 29.6. The van der Waals surface area contributed by atoms with Crippen LogP contribution >= 0.6 is 0 Å². The number of rotatable bonds is 6. The molecule has 10 atom stereocenters. The summed E-state index contributed by atoms with van der Waals surface area (Å²) in [6, 6.07) is 63.6. The van der Waals surface area contributed by atoms with Gasteiger partial charge in [0.1, 0.15) is 0 Å². The highest BCUT2D eigenvalue weighted by Crippen LogP contribution is 2.43. The molecule has 0 amide bonds. The van der Waals surface area contributed by atoms with Crippen molar-refractivity contribution in [3.63, 3.8) is 0 Å². The molecule has 0 aromatic heterocycles. The smallest absolute Gasteiger partial charge is 0.0136 e. The van der Waals surface area contributed by atoms with Crippen LogP contribution in [-0.2, 0) is 0 Å². The Morgan fingerprint density at radius 1 is 0.220 bits per heavy atom. The van der Waals surface area contributed by atoms with E-state index >= 15 is 0 Å². The third-order valence-corrected chi connectivity index (χ3v) is 18.4. The van der Waals surface area contributed by atoms with Crippen molar-refractivity contribution < 1.29 is 0 Å². The van der Waals surface area contributed by atoms with Gasteiger partial charge in [-0.25, -0.2) is 0 Å². The third kappa shape index (κ3) is 25.7. The molecule has 0 heterocycles. The van der Waals surface area contributed by atoms with Crippen molar-refractivity contribution in [3.8, 4) is 0 Å². The Morgan fingerprint density at radius 3 is 0.598 bits per heavy atom. The summed E-state index contributed by atoms with van der Waals surface area (Å²) < 4.78 is 0. The molecular weight excluding hydrogens is 985 g/mol. The van der Waals surface area contributed by atoms with E-state index in [1.807, 2.05) is 0 Å². The Labute approximate surface area is 515 Å². The van der Waals surface area contributed by atoms with E-state index in [1.165, 1.54) is 128 Å². The normalized spacial score (nSPS) is 24.0. The molecule has 6 aromatic carbocycles. The van der Waals surface area contributed by atoms with Crippen LogP contribution < -0.4 is 0 Å². The van der Waals surface area contributed by atoms with Crippen LogP contribution in [0.1, 0.15) is 305 Å². The van der Waals surface area contributed by atoms with Crippen molar-refractivity contribution in [2.24, 2.45) is 29.6 Å². The molecule has 6 aromatic rings. The van der Waals surface area contributed by atoms with E-state index in [4.69, 9.17) is 0 Å². The Hall–Kier alpha value is -4.68. The number of hydrogen-bond donors (Lipinski definition) is 0. The Bertz CT molecular complexity index is 1990. The van der Waals surface area contributed by atoms with Gasteiger partial charge in [-0.05, 0) is 156 Å². The summed E-state index contributed by atoms with van der Waals surface area (Å²) in [6.07, 6.45) is 26.8. The van der Waals surface area contributed by atoms with E-state index in [0.29, 0.717) is 0 Å². The van der Waals surface area contributed by atoms with Gasteiger partial charge in [0.15, 0.2) is 0 Å². The second-order valence-electron chi connectivity index (χ2n) is 23.5. The van der Waals surface area contributed by atoms with Gasteiger partial charge < -0.3 is 0 Å². The highest BCUT2D eigenvalue weighted by Gasteiger charge is 2.28. The van der Waals surface area contributed by atoms with Crippen LogP contribution in [0.15, 0.2) is 176 Å². The molecule has 0 N–H and O–H groups in total. The lowest BCUT2D eigenvalue weighted by Crippen LogP contribution is -2.00. The minimum absolute atomic E-state index is 0. The first-order chi connectivity index (χ1) is 35.3. The SMILES string of the molecule is C.C.C.C.C.C.C.C.C.C.CC1CCCC1c1ccccc1.CC1CCCC1c1ccccc1.CC1CCCC1c1ccccc1.CC1CCCC1c1ccccc1.CC1CCCC1c1ccccc1.Cc1ccccc1C1CCCC1. The first kappa shape index (κ1) is 83.8. The van der Waals surface area contributed by atoms with Crippen LogP contribution in [0.2, 0.25) is 0 Å². The van der Waals surface area contributed by atoms with Crippen molar-refractivity contribution in [2.45, 2.75) is 273 Å². The second-order valence-corrected chi connectivity index (χ2v) is 23.5. The minimum atomic E-state index is 0. The van der Waals surface area contributed by atoms with Crippen LogP contribution in [0, 0.1) is 36.5 Å². The van der Waals surface area contributed by atoms with Gasteiger partial charge in [-0.3, -0.25) is 0 Å². The molecule has 0 bridgehead atoms. The summed E-state index contributed by atoms with van der Waals surface area (Å²) >= 11 is 0.